The minimum atomic E-state index is -0.235. The van der Waals surface area contributed by atoms with E-state index in [-0.39, 0.29) is 36.7 Å². The van der Waals surface area contributed by atoms with Gasteiger partial charge in [-0.1, -0.05) is 17.2 Å². The molecule has 1 atom stereocenters. The van der Waals surface area contributed by atoms with Crippen LogP contribution in [0.2, 0.25) is 5.02 Å². The third-order valence-electron chi connectivity index (χ3n) is 3.45. The van der Waals surface area contributed by atoms with Crippen molar-refractivity contribution in [1.82, 2.24) is 10.2 Å². The number of piperazine rings is 1. The fourth-order valence-corrected chi connectivity index (χ4v) is 2.77. The van der Waals surface area contributed by atoms with E-state index in [2.05, 4.69) is 16.8 Å². The van der Waals surface area contributed by atoms with Crippen molar-refractivity contribution in [3.63, 3.8) is 0 Å². The van der Waals surface area contributed by atoms with Crippen LogP contribution in [0.25, 0.3) is 0 Å². The molecule has 0 unspecified atom stereocenters. The summed E-state index contributed by atoms with van der Waals surface area (Å²) in [6.45, 7) is 9.80. The van der Waals surface area contributed by atoms with Crippen LogP contribution >= 0.6 is 36.4 Å². The Balaban J connectivity index is 0.00000200. The quantitative estimate of drug-likeness (QED) is 0.813. The number of nitrogens with zero attached hydrogens (tertiary/aromatic N) is 1. The van der Waals surface area contributed by atoms with Gasteiger partial charge < -0.3 is 5.32 Å². The van der Waals surface area contributed by atoms with Crippen molar-refractivity contribution in [2.75, 3.05) is 26.2 Å². The molecule has 1 N–H and O–H groups in total. The first-order chi connectivity index (χ1) is 9.08. The Morgan fingerprint density at radius 2 is 2.00 bits per heavy atom. The van der Waals surface area contributed by atoms with Gasteiger partial charge in [0.1, 0.15) is 5.82 Å². The van der Waals surface area contributed by atoms with Gasteiger partial charge in [-0.15, -0.1) is 31.4 Å². The second kappa shape index (κ2) is 9.65. The van der Waals surface area contributed by atoms with E-state index in [1.807, 2.05) is 6.92 Å². The normalized spacial score (nSPS) is 16.5. The summed E-state index contributed by atoms with van der Waals surface area (Å²) >= 11 is 6.26. The largest absolute Gasteiger partial charge is 0.314 e. The molecule has 0 aromatic heterocycles. The number of hydrogen-bond acceptors (Lipinski definition) is 2. The molecule has 21 heavy (non-hydrogen) atoms. The topological polar surface area (TPSA) is 15.3 Å². The minimum Gasteiger partial charge on any atom is -0.314 e. The van der Waals surface area contributed by atoms with E-state index >= 15 is 0 Å². The minimum absolute atomic E-state index is 0. The van der Waals surface area contributed by atoms with Crippen molar-refractivity contribution >= 4 is 36.4 Å². The first-order valence-corrected chi connectivity index (χ1v) is 7.00. The van der Waals surface area contributed by atoms with E-state index in [4.69, 9.17) is 11.6 Å². The highest BCUT2D eigenvalue weighted by molar-refractivity contribution is 6.31. The maximum Gasteiger partial charge on any atom is 0.123 e. The molecule has 0 saturated carbocycles. The smallest absolute Gasteiger partial charge is 0.123 e. The molecular formula is C15H22Cl3FN2. The first-order valence-electron chi connectivity index (χ1n) is 6.62. The second-order valence-corrected chi connectivity index (χ2v) is 5.54. The van der Waals surface area contributed by atoms with Crippen LogP contribution in [0.5, 0.6) is 0 Å². The number of hydrogen-bond donors (Lipinski definition) is 1. The summed E-state index contributed by atoms with van der Waals surface area (Å²) in [5.41, 5.74) is 1.95. The Hall–Kier alpha value is -0.320. The third kappa shape index (κ3) is 5.76. The standard InChI is InChI=1S/C15H20ClFN2.2ClH/c1-11(2)9-15(19-7-5-18-6-8-19)13-10-12(17)3-4-14(13)16;;/h3-4,10,15,18H,1,5-9H2,2H3;2*1H/t15-;;/m0../s1. The van der Waals surface area contributed by atoms with Crippen LogP contribution in [0.4, 0.5) is 4.39 Å². The van der Waals surface area contributed by atoms with Crippen molar-refractivity contribution in [3.8, 4) is 0 Å². The Bertz CT molecular complexity index is 462. The zero-order valence-corrected chi connectivity index (χ0v) is 14.5. The molecule has 0 aliphatic carbocycles. The van der Waals surface area contributed by atoms with Gasteiger partial charge in [0.15, 0.2) is 0 Å². The summed E-state index contributed by atoms with van der Waals surface area (Å²) in [6, 6.07) is 4.71. The molecule has 120 valence electrons. The molecule has 0 bridgehead atoms. The average Bonchev–Trinajstić information content (AvgIpc) is 2.40. The molecule has 1 aromatic carbocycles. The summed E-state index contributed by atoms with van der Waals surface area (Å²) in [5, 5.41) is 3.96. The Kier molecular flexibility index (Phi) is 9.50. The van der Waals surface area contributed by atoms with Gasteiger partial charge >= 0.3 is 0 Å². The summed E-state index contributed by atoms with van der Waals surface area (Å²) in [5.74, 6) is -0.235. The van der Waals surface area contributed by atoms with Gasteiger partial charge in [-0.05, 0) is 37.1 Å². The number of benzene rings is 1. The van der Waals surface area contributed by atoms with E-state index in [0.29, 0.717) is 5.02 Å². The van der Waals surface area contributed by atoms with Crippen LogP contribution in [0.3, 0.4) is 0 Å². The Labute approximate surface area is 143 Å². The van der Waals surface area contributed by atoms with Crippen LogP contribution in [0.15, 0.2) is 30.4 Å². The van der Waals surface area contributed by atoms with Gasteiger partial charge in [0, 0.05) is 37.2 Å². The fourth-order valence-electron chi connectivity index (χ4n) is 2.53. The Morgan fingerprint density at radius 3 is 2.57 bits per heavy atom. The van der Waals surface area contributed by atoms with Crippen LogP contribution < -0.4 is 5.32 Å². The lowest BCUT2D eigenvalue weighted by Gasteiger charge is -2.35. The number of nitrogens with one attached hydrogen (secondary N) is 1. The molecule has 1 aromatic rings. The first kappa shape index (κ1) is 20.7. The van der Waals surface area contributed by atoms with Crippen LogP contribution in [0.1, 0.15) is 24.9 Å². The molecule has 1 saturated heterocycles. The third-order valence-corrected chi connectivity index (χ3v) is 3.80. The highest BCUT2D eigenvalue weighted by Gasteiger charge is 2.24. The summed E-state index contributed by atoms with van der Waals surface area (Å²) in [4.78, 5) is 2.35. The molecule has 0 radical (unpaired) electrons. The zero-order chi connectivity index (χ0) is 13.8. The SMILES string of the molecule is C=C(C)C[C@@H](c1cc(F)ccc1Cl)N1CCNCC1.Cl.Cl. The van der Waals surface area contributed by atoms with Gasteiger partial charge in [-0.3, -0.25) is 4.90 Å². The van der Waals surface area contributed by atoms with Gasteiger partial charge in [0.2, 0.25) is 0 Å². The van der Waals surface area contributed by atoms with Crippen LogP contribution in [0, 0.1) is 5.82 Å². The van der Waals surface area contributed by atoms with E-state index in [1.165, 1.54) is 6.07 Å². The highest BCUT2D eigenvalue weighted by Crippen LogP contribution is 2.32. The monoisotopic (exact) mass is 354 g/mol. The number of rotatable bonds is 4. The maximum atomic E-state index is 13.5. The van der Waals surface area contributed by atoms with Crippen LogP contribution in [-0.4, -0.2) is 31.1 Å². The molecule has 1 aliphatic rings. The fraction of sp³-hybridized carbons (Fsp3) is 0.467. The van der Waals surface area contributed by atoms with Crippen molar-refractivity contribution < 1.29 is 4.39 Å². The van der Waals surface area contributed by atoms with Gasteiger partial charge in [-0.2, -0.15) is 0 Å². The lowest BCUT2D eigenvalue weighted by atomic mass is 9.97. The molecule has 2 rings (SSSR count). The molecule has 1 aliphatic heterocycles. The average molecular weight is 356 g/mol. The van der Waals surface area contributed by atoms with Crippen molar-refractivity contribution in [2.45, 2.75) is 19.4 Å². The van der Waals surface area contributed by atoms with E-state index in [9.17, 15) is 4.39 Å². The maximum absolute atomic E-state index is 13.5. The molecule has 1 fully saturated rings. The van der Waals surface area contributed by atoms with E-state index < -0.39 is 0 Å². The van der Waals surface area contributed by atoms with E-state index in [0.717, 1.165) is 43.7 Å². The van der Waals surface area contributed by atoms with E-state index in [1.54, 1.807) is 12.1 Å². The van der Waals surface area contributed by atoms with Gasteiger partial charge in [-0.25, -0.2) is 4.39 Å². The molecule has 1 heterocycles. The molecule has 0 spiro atoms. The van der Waals surface area contributed by atoms with Crippen molar-refractivity contribution in [3.05, 3.63) is 46.8 Å². The Morgan fingerprint density at radius 1 is 1.38 bits per heavy atom. The van der Waals surface area contributed by atoms with Gasteiger partial charge in [0.25, 0.3) is 0 Å². The lowest BCUT2D eigenvalue weighted by Crippen LogP contribution is -2.45. The van der Waals surface area contributed by atoms with Crippen LogP contribution in [-0.2, 0) is 0 Å². The van der Waals surface area contributed by atoms with Crippen molar-refractivity contribution in [1.29, 1.82) is 0 Å². The predicted molar refractivity (Wildman–Crippen MR) is 92.5 cm³/mol. The molecule has 2 nitrogen and oxygen atoms in total. The summed E-state index contributed by atoms with van der Waals surface area (Å²) in [7, 11) is 0. The lowest BCUT2D eigenvalue weighted by molar-refractivity contribution is 0.172. The van der Waals surface area contributed by atoms with Gasteiger partial charge in [0.05, 0.1) is 0 Å². The zero-order valence-electron chi connectivity index (χ0n) is 12.1. The number of halogens is 4. The summed E-state index contributed by atoms with van der Waals surface area (Å²) < 4.78 is 13.5. The molecule has 0 amide bonds. The molecule has 6 heteroatoms. The molecular weight excluding hydrogens is 334 g/mol. The predicted octanol–water partition coefficient (Wildman–Crippen LogP) is 4.24. The summed E-state index contributed by atoms with van der Waals surface area (Å²) in [6.07, 6.45) is 0.809. The van der Waals surface area contributed by atoms with Crippen molar-refractivity contribution in [2.24, 2.45) is 0 Å². The highest BCUT2D eigenvalue weighted by atomic mass is 35.5. The second-order valence-electron chi connectivity index (χ2n) is 5.13.